The molecule has 0 radical (unpaired) electrons. The lowest BCUT2D eigenvalue weighted by Crippen LogP contribution is -1.97. The summed E-state index contributed by atoms with van der Waals surface area (Å²) in [6.45, 7) is 3.02. The van der Waals surface area contributed by atoms with Crippen LogP contribution < -0.4 is 4.74 Å². The second-order valence-electron chi connectivity index (χ2n) is 7.66. The third-order valence-corrected chi connectivity index (χ3v) is 5.96. The molecule has 0 aliphatic heterocycles. The van der Waals surface area contributed by atoms with Crippen LogP contribution >= 0.6 is 7.60 Å². The molecule has 28 heavy (non-hydrogen) atoms. The predicted octanol–water partition coefficient (Wildman–Crippen LogP) is 6.47. The average Bonchev–Trinajstić information content (AvgIpc) is 2.66. The largest absolute Gasteiger partial charge is 0.494 e. The summed E-state index contributed by atoms with van der Waals surface area (Å²) in [5, 5.41) is 2.39. The van der Waals surface area contributed by atoms with Gasteiger partial charge in [-0.25, -0.2) is 0 Å². The average molecular weight is 407 g/mol. The van der Waals surface area contributed by atoms with E-state index in [4.69, 9.17) is 14.5 Å². The van der Waals surface area contributed by atoms with Crippen LogP contribution in [0.25, 0.3) is 10.8 Å². The molecular formula is C23H35O4P. The third-order valence-electron chi connectivity index (χ3n) is 5.06. The first-order chi connectivity index (χ1) is 13.5. The van der Waals surface area contributed by atoms with E-state index in [0.717, 1.165) is 38.0 Å². The normalized spacial score (nSPS) is 11.8. The fourth-order valence-corrected chi connectivity index (χ4v) is 4.05. The monoisotopic (exact) mass is 406 g/mol. The Morgan fingerprint density at radius 3 is 2.29 bits per heavy atom. The number of rotatable bonds is 14. The topological polar surface area (TPSA) is 66.8 Å². The van der Waals surface area contributed by atoms with E-state index in [2.05, 4.69) is 37.3 Å². The molecule has 2 rings (SSSR count). The van der Waals surface area contributed by atoms with Gasteiger partial charge < -0.3 is 14.5 Å². The summed E-state index contributed by atoms with van der Waals surface area (Å²) in [5.74, 6) is 0.936. The van der Waals surface area contributed by atoms with Gasteiger partial charge in [-0.15, -0.1) is 0 Å². The first kappa shape index (κ1) is 22.9. The maximum atomic E-state index is 10.9. The van der Waals surface area contributed by atoms with E-state index in [1.165, 1.54) is 48.4 Å². The Balaban J connectivity index is 1.74. The molecular weight excluding hydrogens is 371 g/mol. The fourth-order valence-electron chi connectivity index (χ4n) is 3.41. The Hall–Kier alpha value is -1.35. The highest BCUT2D eigenvalue weighted by Gasteiger charge is 2.11. The molecule has 156 valence electrons. The van der Waals surface area contributed by atoms with Crippen LogP contribution in [0.3, 0.4) is 0 Å². The third kappa shape index (κ3) is 9.23. The number of ether oxygens (including phenoxy) is 1. The second kappa shape index (κ2) is 12.3. The van der Waals surface area contributed by atoms with E-state index < -0.39 is 7.60 Å². The summed E-state index contributed by atoms with van der Waals surface area (Å²) in [5.41, 5.74) is 1.27. The lowest BCUT2D eigenvalue weighted by Gasteiger charge is -2.09. The van der Waals surface area contributed by atoms with Gasteiger partial charge in [0.05, 0.1) is 6.61 Å². The van der Waals surface area contributed by atoms with Crippen molar-refractivity contribution in [1.29, 1.82) is 0 Å². The summed E-state index contributed by atoms with van der Waals surface area (Å²) in [6, 6.07) is 12.7. The summed E-state index contributed by atoms with van der Waals surface area (Å²) in [7, 11) is -3.84. The number of unbranched alkanes of at least 4 members (excludes halogenated alkanes) is 7. The molecule has 5 heteroatoms. The standard InChI is InChI=1S/C23H35O4P/c1-2-3-4-5-6-9-16-27-23-15-14-21-18-20(12-13-22(21)19-23)11-8-7-10-17-28(24,25)26/h12-15,18-19H,2-11,16-17H2,1H3,(H2,24,25,26). The van der Waals surface area contributed by atoms with E-state index in [1.807, 2.05) is 6.07 Å². The zero-order chi connectivity index (χ0) is 20.2. The Morgan fingerprint density at radius 2 is 1.50 bits per heavy atom. The highest BCUT2D eigenvalue weighted by molar-refractivity contribution is 7.51. The lowest BCUT2D eigenvalue weighted by atomic mass is 10.0. The van der Waals surface area contributed by atoms with E-state index in [-0.39, 0.29) is 6.16 Å². The van der Waals surface area contributed by atoms with E-state index >= 15 is 0 Å². The van der Waals surface area contributed by atoms with Gasteiger partial charge in [-0.1, -0.05) is 69.7 Å². The van der Waals surface area contributed by atoms with Crippen molar-refractivity contribution in [3.05, 3.63) is 42.0 Å². The molecule has 0 fully saturated rings. The quantitative estimate of drug-likeness (QED) is 0.279. The summed E-state index contributed by atoms with van der Waals surface area (Å²) >= 11 is 0. The molecule has 0 bridgehead atoms. The molecule has 2 N–H and O–H groups in total. The molecule has 0 amide bonds. The highest BCUT2D eigenvalue weighted by Crippen LogP contribution is 2.35. The molecule has 0 unspecified atom stereocenters. The molecule has 0 atom stereocenters. The predicted molar refractivity (Wildman–Crippen MR) is 117 cm³/mol. The van der Waals surface area contributed by atoms with Crippen molar-refractivity contribution in [2.24, 2.45) is 0 Å². The second-order valence-corrected chi connectivity index (χ2v) is 9.44. The van der Waals surface area contributed by atoms with Crippen LogP contribution in [-0.2, 0) is 11.0 Å². The van der Waals surface area contributed by atoms with Gasteiger partial charge >= 0.3 is 7.60 Å². The van der Waals surface area contributed by atoms with E-state index in [9.17, 15) is 4.57 Å². The molecule has 2 aromatic carbocycles. The van der Waals surface area contributed by atoms with Gasteiger partial charge in [-0.2, -0.15) is 0 Å². The zero-order valence-electron chi connectivity index (χ0n) is 17.1. The molecule has 0 aliphatic carbocycles. The Labute approximate surface area is 169 Å². The van der Waals surface area contributed by atoms with Gasteiger partial charge in [-0.05, 0) is 54.2 Å². The minimum atomic E-state index is -3.84. The number of fused-ring (bicyclic) bond motifs is 1. The first-order valence-corrected chi connectivity index (χ1v) is 12.5. The van der Waals surface area contributed by atoms with Crippen molar-refractivity contribution < 1.29 is 19.1 Å². The van der Waals surface area contributed by atoms with Gasteiger partial charge in [0.25, 0.3) is 0 Å². The summed E-state index contributed by atoms with van der Waals surface area (Å²) in [6.07, 6.45) is 10.9. The fraction of sp³-hybridized carbons (Fsp3) is 0.565. The molecule has 0 saturated heterocycles. The van der Waals surface area contributed by atoms with Gasteiger partial charge in [0.1, 0.15) is 5.75 Å². The van der Waals surface area contributed by atoms with Gasteiger partial charge in [-0.3, -0.25) is 4.57 Å². The minimum absolute atomic E-state index is 0.00770. The van der Waals surface area contributed by atoms with Crippen LogP contribution in [0.2, 0.25) is 0 Å². The lowest BCUT2D eigenvalue weighted by molar-refractivity contribution is 0.305. The minimum Gasteiger partial charge on any atom is -0.494 e. The summed E-state index contributed by atoms with van der Waals surface area (Å²) in [4.78, 5) is 17.8. The molecule has 0 aliphatic rings. The van der Waals surface area contributed by atoms with Crippen molar-refractivity contribution in [2.45, 2.75) is 71.1 Å². The smallest absolute Gasteiger partial charge is 0.325 e. The highest BCUT2D eigenvalue weighted by atomic mass is 31.2. The number of hydrogen-bond acceptors (Lipinski definition) is 2. The Morgan fingerprint density at radius 1 is 0.821 bits per heavy atom. The van der Waals surface area contributed by atoms with E-state index in [1.54, 1.807) is 0 Å². The first-order valence-electron chi connectivity index (χ1n) is 10.7. The van der Waals surface area contributed by atoms with Gasteiger partial charge in [0.2, 0.25) is 0 Å². The van der Waals surface area contributed by atoms with Crippen molar-refractivity contribution in [3.63, 3.8) is 0 Å². The molecule has 0 spiro atoms. The molecule has 0 saturated carbocycles. The maximum Gasteiger partial charge on any atom is 0.325 e. The van der Waals surface area contributed by atoms with Crippen LogP contribution in [0.1, 0.15) is 70.3 Å². The van der Waals surface area contributed by atoms with Crippen LogP contribution in [0, 0.1) is 0 Å². The van der Waals surface area contributed by atoms with Crippen LogP contribution in [0.5, 0.6) is 5.75 Å². The molecule has 0 aromatic heterocycles. The van der Waals surface area contributed by atoms with Crippen LogP contribution in [-0.4, -0.2) is 22.6 Å². The van der Waals surface area contributed by atoms with Crippen molar-refractivity contribution in [2.75, 3.05) is 12.8 Å². The SMILES string of the molecule is CCCCCCCCOc1ccc2cc(CCCCCP(=O)(O)O)ccc2c1. The van der Waals surface area contributed by atoms with Crippen molar-refractivity contribution >= 4 is 18.4 Å². The zero-order valence-corrected chi connectivity index (χ0v) is 18.0. The van der Waals surface area contributed by atoms with Gasteiger partial charge in [0, 0.05) is 6.16 Å². The maximum absolute atomic E-state index is 10.9. The number of hydrogen-bond donors (Lipinski definition) is 2. The van der Waals surface area contributed by atoms with E-state index in [0.29, 0.717) is 6.42 Å². The van der Waals surface area contributed by atoms with Crippen LogP contribution in [0.15, 0.2) is 36.4 Å². The van der Waals surface area contributed by atoms with Crippen LogP contribution in [0.4, 0.5) is 0 Å². The number of benzene rings is 2. The Kier molecular flexibility index (Phi) is 10.0. The molecule has 2 aromatic rings. The number of aryl methyl sites for hydroxylation is 1. The Bertz CT molecular complexity index is 753. The molecule has 0 heterocycles. The van der Waals surface area contributed by atoms with Crippen molar-refractivity contribution in [3.8, 4) is 5.75 Å². The summed E-state index contributed by atoms with van der Waals surface area (Å²) < 4.78 is 16.8. The molecule has 4 nitrogen and oxygen atoms in total. The van der Waals surface area contributed by atoms with Crippen molar-refractivity contribution in [1.82, 2.24) is 0 Å². The van der Waals surface area contributed by atoms with Gasteiger partial charge in [0.15, 0.2) is 0 Å².